The van der Waals surface area contributed by atoms with Crippen LogP contribution in [0.25, 0.3) is 0 Å². The topological polar surface area (TPSA) is 59.0 Å². The van der Waals surface area contributed by atoms with E-state index in [1.165, 1.54) is 53.7 Å². The van der Waals surface area contributed by atoms with Gasteiger partial charge in [0.05, 0.1) is 24.5 Å². The van der Waals surface area contributed by atoms with E-state index < -0.39 is 23.6 Å². The molecule has 5 nitrogen and oxygen atoms in total. The molecule has 0 saturated carbocycles. The SMILES string of the molecule is O=C(c1ccnnc1)N(Cc1ccc(C(F)(F)F)nc1)c1ccc(F)cc1. The summed E-state index contributed by atoms with van der Waals surface area (Å²) >= 11 is 0. The summed E-state index contributed by atoms with van der Waals surface area (Å²) in [5.41, 5.74) is -0.0424. The summed E-state index contributed by atoms with van der Waals surface area (Å²) in [5.74, 6) is -0.940. The molecular weight excluding hydrogens is 364 g/mol. The summed E-state index contributed by atoms with van der Waals surface area (Å²) in [6.07, 6.45) is -0.884. The highest BCUT2D eigenvalue weighted by atomic mass is 19.4. The molecule has 0 unspecified atom stereocenters. The average molecular weight is 376 g/mol. The highest BCUT2D eigenvalue weighted by molar-refractivity contribution is 6.05. The maximum absolute atomic E-state index is 13.2. The van der Waals surface area contributed by atoms with Crippen LogP contribution in [0.4, 0.5) is 23.2 Å². The molecule has 9 heteroatoms. The molecule has 0 saturated heterocycles. The third-order valence-corrected chi connectivity index (χ3v) is 3.67. The summed E-state index contributed by atoms with van der Waals surface area (Å²) < 4.78 is 51.2. The lowest BCUT2D eigenvalue weighted by molar-refractivity contribution is -0.141. The first-order chi connectivity index (χ1) is 12.8. The minimum absolute atomic E-state index is 0.0576. The Labute approximate surface area is 151 Å². The van der Waals surface area contributed by atoms with Crippen LogP contribution in [0.15, 0.2) is 61.1 Å². The minimum atomic E-state index is -4.55. The molecular formula is C18H12F4N4O. The molecule has 0 N–H and O–H groups in total. The number of rotatable bonds is 4. The van der Waals surface area contributed by atoms with Crippen LogP contribution in [-0.2, 0) is 12.7 Å². The number of hydrogen-bond donors (Lipinski definition) is 0. The second-order valence-corrected chi connectivity index (χ2v) is 5.55. The van der Waals surface area contributed by atoms with Crippen molar-refractivity contribution >= 4 is 11.6 Å². The average Bonchev–Trinajstić information content (AvgIpc) is 2.67. The highest BCUT2D eigenvalue weighted by Gasteiger charge is 2.32. The summed E-state index contributed by atoms with van der Waals surface area (Å²) in [7, 11) is 0. The maximum Gasteiger partial charge on any atom is 0.433 e. The fraction of sp³-hybridized carbons (Fsp3) is 0.111. The van der Waals surface area contributed by atoms with Crippen LogP contribution in [0.3, 0.4) is 0 Å². The molecule has 0 atom stereocenters. The van der Waals surface area contributed by atoms with E-state index in [1.807, 2.05) is 0 Å². The van der Waals surface area contributed by atoms with E-state index in [1.54, 1.807) is 0 Å². The Morgan fingerprint density at radius 3 is 2.26 bits per heavy atom. The first-order valence-electron chi connectivity index (χ1n) is 7.71. The molecule has 0 radical (unpaired) electrons. The number of carbonyl (C=O) groups is 1. The Balaban J connectivity index is 1.92. The molecule has 0 spiro atoms. The van der Waals surface area contributed by atoms with E-state index in [9.17, 15) is 22.4 Å². The van der Waals surface area contributed by atoms with Crippen molar-refractivity contribution in [3.8, 4) is 0 Å². The number of benzene rings is 1. The molecule has 2 heterocycles. The van der Waals surface area contributed by atoms with Gasteiger partial charge >= 0.3 is 6.18 Å². The third kappa shape index (κ3) is 4.43. The number of nitrogens with zero attached hydrogens (tertiary/aromatic N) is 4. The van der Waals surface area contributed by atoms with Crippen molar-refractivity contribution in [2.75, 3.05) is 4.90 Å². The van der Waals surface area contributed by atoms with Crippen LogP contribution >= 0.6 is 0 Å². The molecule has 1 aromatic carbocycles. The number of alkyl halides is 3. The van der Waals surface area contributed by atoms with E-state index in [0.717, 1.165) is 12.3 Å². The van der Waals surface area contributed by atoms with Gasteiger partial charge in [-0.3, -0.25) is 9.78 Å². The predicted octanol–water partition coefficient (Wildman–Crippen LogP) is 3.88. The molecule has 0 aliphatic carbocycles. The number of halogens is 4. The van der Waals surface area contributed by atoms with Crippen LogP contribution in [0.1, 0.15) is 21.6 Å². The first kappa shape index (κ1) is 18.4. The van der Waals surface area contributed by atoms with Gasteiger partial charge in [-0.1, -0.05) is 6.07 Å². The fourth-order valence-corrected chi connectivity index (χ4v) is 2.34. The smallest absolute Gasteiger partial charge is 0.304 e. The van der Waals surface area contributed by atoms with Crippen molar-refractivity contribution in [1.82, 2.24) is 15.2 Å². The molecule has 3 rings (SSSR count). The summed E-state index contributed by atoms with van der Waals surface area (Å²) in [5, 5.41) is 7.25. The Kier molecular flexibility index (Phi) is 5.11. The standard InChI is InChI=1S/C18H12F4N4O/c19-14-2-4-15(5-3-14)26(17(27)13-7-8-24-25-10-13)11-12-1-6-16(23-9-12)18(20,21)22/h1-10H,11H2. The van der Waals surface area contributed by atoms with E-state index in [-0.39, 0.29) is 12.1 Å². The van der Waals surface area contributed by atoms with Gasteiger partial charge in [0, 0.05) is 11.9 Å². The second-order valence-electron chi connectivity index (χ2n) is 5.55. The predicted molar refractivity (Wildman–Crippen MR) is 88.2 cm³/mol. The van der Waals surface area contributed by atoms with Gasteiger partial charge in [-0.2, -0.15) is 23.4 Å². The van der Waals surface area contributed by atoms with Gasteiger partial charge in [0.15, 0.2) is 0 Å². The van der Waals surface area contributed by atoms with Gasteiger partial charge in [0.1, 0.15) is 11.5 Å². The molecule has 27 heavy (non-hydrogen) atoms. The van der Waals surface area contributed by atoms with Crippen LogP contribution in [0, 0.1) is 5.82 Å². The Morgan fingerprint density at radius 1 is 0.963 bits per heavy atom. The van der Waals surface area contributed by atoms with Crippen molar-refractivity contribution in [1.29, 1.82) is 0 Å². The molecule has 0 aliphatic heterocycles. The molecule has 0 fully saturated rings. The van der Waals surface area contributed by atoms with E-state index in [0.29, 0.717) is 11.3 Å². The van der Waals surface area contributed by atoms with Gasteiger partial charge in [0.25, 0.3) is 5.91 Å². The minimum Gasteiger partial charge on any atom is -0.304 e. The lowest BCUT2D eigenvalue weighted by Crippen LogP contribution is -2.30. The fourth-order valence-electron chi connectivity index (χ4n) is 2.34. The zero-order valence-corrected chi connectivity index (χ0v) is 13.7. The molecule has 3 aromatic rings. The summed E-state index contributed by atoms with van der Waals surface area (Å²) in [4.78, 5) is 17.5. The molecule has 1 amide bonds. The van der Waals surface area contributed by atoms with Gasteiger partial charge in [-0.15, -0.1) is 0 Å². The largest absolute Gasteiger partial charge is 0.433 e. The number of pyridine rings is 1. The van der Waals surface area contributed by atoms with Gasteiger partial charge in [-0.05, 0) is 42.0 Å². The Morgan fingerprint density at radius 2 is 1.70 bits per heavy atom. The van der Waals surface area contributed by atoms with E-state index in [4.69, 9.17) is 0 Å². The van der Waals surface area contributed by atoms with Crippen LogP contribution < -0.4 is 4.90 Å². The Hall–Kier alpha value is -3.36. The van der Waals surface area contributed by atoms with Crippen molar-refractivity contribution in [3.63, 3.8) is 0 Å². The monoisotopic (exact) mass is 376 g/mol. The summed E-state index contributed by atoms with van der Waals surface area (Å²) in [6, 6.07) is 8.72. The highest BCUT2D eigenvalue weighted by Crippen LogP contribution is 2.28. The normalized spacial score (nSPS) is 11.3. The van der Waals surface area contributed by atoms with Crippen molar-refractivity contribution < 1.29 is 22.4 Å². The van der Waals surface area contributed by atoms with Crippen LogP contribution in [-0.4, -0.2) is 21.1 Å². The zero-order chi connectivity index (χ0) is 19.4. The third-order valence-electron chi connectivity index (χ3n) is 3.67. The van der Waals surface area contributed by atoms with Crippen LogP contribution in [0.2, 0.25) is 0 Å². The van der Waals surface area contributed by atoms with Gasteiger partial charge in [0.2, 0.25) is 0 Å². The molecule has 138 valence electrons. The molecule has 2 aromatic heterocycles. The molecule has 0 aliphatic rings. The van der Waals surface area contributed by atoms with E-state index in [2.05, 4.69) is 15.2 Å². The van der Waals surface area contributed by atoms with Gasteiger partial charge in [-0.25, -0.2) is 4.39 Å². The maximum atomic E-state index is 13.2. The van der Waals surface area contributed by atoms with Crippen molar-refractivity contribution in [3.05, 3.63) is 83.7 Å². The number of amides is 1. The number of hydrogen-bond acceptors (Lipinski definition) is 4. The number of carbonyl (C=O) groups excluding carboxylic acids is 1. The van der Waals surface area contributed by atoms with Gasteiger partial charge < -0.3 is 4.90 Å². The van der Waals surface area contributed by atoms with Crippen molar-refractivity contribution in [2.45, 2.75) is 12.7 Å². The zero-order valence-electron chi connectivity index (χ0n) is 13.7. The van der Waals surface area contributed by atoms with Crippen molar-refractivity contribution in [2.24, 2.45) is 0 Å². The Bertz CT molecular complexity index is 913. The molecule has 0 bridgehead atoms. The second kappa shape index (κ2) is 7.48. The first-order valence-corrected chi connectivity index (χ1v) is 7.71. The lowest BCUT2D eigenvalue weighted by Gasteiger charge is -2.23. The number of aromatic nitrogens is 3. The van der Waals surface area contributed by atoms with Crippen LogP contribution in [0.5, 0.6) is 0 Å². The number of anilines is 1. The van der Waals surface area contributed by atoms with E-state index >= 15 is 0 Å². The lowest BCUT2D eigenvalue weighted by atomic mass is 10.1. The quantitative estimate of drug-likeness (QED) is 0.649. The summed E-state index contributed by atoms with van der Waals surface area (Å²) in [6.45, 7) is -0.0576.